The van der Waals surface area contributed by atoms with Crippen molar-refractivity contribution in [3.8, 4) is 0 Å². The third-order valence-electron chi connectivity index (χ3n) is 3.81. The summed E-state index contributed by atoms with van der Waals surface area (Å²) in [7, 11) is 0. The summed E-state index contributed by atoms with van der Waals surface area (Å²) in [4.78, 5) is 2.44. The Bertz CT molecular complexity index is 172. The second kappa shape index (κ2) is 9.90. The Morgan fingerprint density at radius 3 is 2.29 bits per heavy atom. The Labute approximate surface area is 107 Å². The molecule has 0 aliphatic carbocycles. The van der Waals surface area contributed by atoms with Crippen molar-refractivity contribution >= 4 is 0 Å². The van der Waals surface area contributed by atoms with Crippen molar-refractivity contribution in [2.75, 3.05) is 19.6 Å². The smallest absolute Gasteiger partial charge is 0.0667 e. The first kappa shape index (κ1) is 15.0. The topological polar surface area (TPSA) is 23.5 Å². The summed E-state index contributed by atoms with van der Waals surface area (Å²) in [5.74, 6) is 0. The summed E-state index contributed by atoms with van der Waals surface area (Å²) in [6.07, 6.45) is 13.3. The van der Waals surface area contributed by atoms with Gasteiger partial charge in [0.2, 0.25) is 0 Å². The third-order valence-corrected chi connectivity index (χ3v) is 3.81. The van der Waals surface area contributed by atoms with Crippen LogP contribution in [0.15, 0.2) is 0 Å². The fraction of sp³-hybridized carbons (Fsp3) is 1.00. The van der Waals surface area contributed by atoms with Gasteiger partial charge in [0.15, 0.2) is 0 Å². The van der Waals surface area contributed by atoms with E-state index in [1.54, 1.807) is 0 Å². The Kier molecular flexibility index (Phi) is 8.72. The highest BCUT2D eigenvalue weighted by Gasteiger charge is 2.16. The molecule has 2 heteroatoms. The van der Waals surface area contributed by atoms with E-state index in [0.29, 0.717) is 0 Å². The molecule has 1 aliphatic heterocycles. The average Bonchev–Trinajstić information content (AvgIpc) is 2.33. The van der Waals surface area contributed by atoms with E-state index in [4.69, 9.17) is 0 Å². The molecule has 17 heavy (non-hydrogen) atoms. The van der Waals surface area contributed by atoms with Crippen LogP contribution in [0.1, 0.15) is 71.1 Å². The van der Waals surface area contributed by atoms with Crippen molar-refractivity contribution in [1.82, 2.24) is 4.90 Å². The zero-order valence-electron chi connectivity index (χ0n) is 11.7. The van der Waals surface area contributed by atoms with E-state index >= 15 is 0 Å². The van der Waals surface area contributed by atoms with Crippen LogP contribution in [0.5, 0.6) is 0 Å². The van der Waals surface area contributed by atoms with Crippen LogP contribution in [-0.4, -0.2) is 35.7 Å². The van der Waals surface area contributed by atoms with Crippen LogP contribution in [0.4, 0.5) is 0 Å². The molecule has 1 N–H and O–H groups in total. The Hall–Kier alpha value is -0.0800. The summed E-state index contributed by atoms with van der Waals surface area (Å²) in [6.45, 7) is 5.59. The van der Waals surface area contributed by atoms with Crippen molar-refractivity contribution in [1.29, 1.82) is 0 Å². The number of aliphatic hydroxyl groups excluding tert-OH is 1. The van der Waals surface area contributed by atoms with Gasteiger partial charge in [-0.2, -0.15) is 0 Å². The van der Waals surface area contributed by atoms with Crippen molar-refractivity contribution < 1.29 is 5.11 Å². The van der Waals surface area contributed by atoms with Crippen LogP contribution >= 0.6 is 0 Å². The highest BCUT2D eigenvalue weighted by atomic mass is 16.3. The molecule has 0 aromatic carbocycles. The molecule has 0 aromatic rings. The van der Waals surface area contributed by atoms with Gasteiger partial charge < -0.3 is 10.0 Å². The molecular formula is C15H31NO. The van der Waals surface area contributed by atoms with Crippen molar-refractivity contribution in [2.24, 2.45) is 0 Å². The first-order chi connectivity index (χ1) is 8.33. The summed E-state index contributed by atoms with van der Waals surface area (Å²) in [5, 5.41) is 9.56. The molecular weight excluding hydrogens is 210 g/mol. The molecule has 0 saturated carbocycles. The van der Waals surface area contributed by atoms with E-state index in [1.807, 2.05) is 0 Å². The van der Waals surface area contributed by atoms with Crippen LogP contribution in [0.3, 0.4) is 0 Å². The number of rotatable bonds is 9. The molecule has 1 rings (SSSR count). The molecule has 2 nitrogen and oxygen atoms in total. The van der Waals surface area contributed by atoms with E-state index in [9.17, 15) is 5.11 Å². The lowest BCUT2D eigenvalue weighted by Gasteiger charge is -2.29. The van der Waals surface area contributed by atoms with Gasteiger partial charge in [-0.1, -0.05) is 51.9 Å². The van der Waals surface area contributed by atoms with E-state index in [-0.39, 0.29) is 6.10 Å². The second-order valence-corrected chi connectivity index (χ2v) is 5.57. The monoisotopic (exact) mass is 241 g/mol. The Morgan fingerprint density at radius 2 is 1.65 bits per heavy atom. The van der Waals surface area contributed by atoms with Crippen LogP contribution < -0.4 is 0 Å². The number of piperidine rings is 1. The number of aliphatic hydroxyl groups is 1. The van der Waals surface area contributed by atoms with Gasteiger partial charge in [0.25, 0.3) is 0 Å². The normalized spacial score (nSPS) is 21.9. The molecule has 1 saturated heterocycles. The average molecular weight is 241 g/mol. The molecule has 1 atom stereocenters. The maximum absolute atomic E-state index is 9.56. The standard InChI is InChI=1S/C15H31NO/c1-2-3-4-5-6-7-8-9-12-16-13-10-11-15(17)14-16/h15,17H,2-14H2,1H3. The van der Waals surface area contributed by atoms with Gasteiger partial charge in [-0.15, -0.1) is 0 Å². The maximum atomic E-state index is 9.56. The zero-order valence-corrected chi connectivity index (χ0v) is 11.7. The van der Waals surface area contributed by atoms with Crippen LogP contribution in [0.25, 0.3) is 0 Å². The molecule has 1 unspecified atom stereocenters. The predicted octanol–water partition coefficient (Wildman–Crippen LogP) is 3.58. The molecule has 0 amide bonds. The van der Waals surface area contributed by atoms with Gasteiger partial charge in [-0.05, 0) is 32.4 Å². The van der Waals surface area contributed by atoms with Crippen LogP contribution in [-0.2, 0) is 0 Å². The highest BCUT2D eigenvalue weighted by Crippen LogP contribution is 2.12. The molecule has 0 spiro atoms. The quantitative estimate of drug-likeness (QED) is 0.624. The van der Waals surface area contributed by atoms with Crippen LogP contribution in [0.2, 0.25) is 0 Å². The van der Waals surface area contributed by atoms with Gasteiger partial charge in [-0.3, -0.25) is 0 Å². The lowest BCUT2D eigenvalue weighted by molar-refractivity contribution is 0.0698. The van der Waals surface area contributed by atoms with E-state index < -0.39 is 0 Å². The number of hydrogen-bond acceptors (Lipinski definition) is 2. The SMILES string of the molecule is CCCCCCCCCCN1CCCC(O)C1. The minimum atomic E-state index is -0.0576. The molecule has 0 aromatic heterocycles. The minimum Gasteiger partial charge on any atom is -0.392 e. The first-order valence-electron chi connectivity index (χ1n) is 7.73. The fourth-order valence-corrected chi connectivity index (χ4v) is 2.70. The summed E-state index contributed by atoms with van der Waals surface area (Å²) < 4.78 is 0. The van der Waals surface area contributed by atoms with Crippen molar-refractivity contribution in [2.45, 2.75) is 77.2 Å². The number of β-amino-alcohol motifs (C(OH)–C–C–N with tert-alkyl or cyclic N) is 1. The van der Waals surface area contributed by atoms with Crippen LogP contribution in [0, 0.1) is 0 Å². The highest BCUT2D eigenvalue weighted by molar-refractivity contribution is 4.71. The lowest BCUT2D eigenvalue weighted by atomic mass is 10.1. The van der Waals surface area contributed by atoms with E-state index in [1.165, 1.54) is 70.9 Å². The summed E-state index contributed by atoms with van der Waals surface area (Å²) in [5.41, 5.74) is 0. The number of hydrogen-bond donors (Lipinski definition) is 1. The summed E-state index contributed by atoms with van der Waals surface area (Å²) in [6, 6.07) is 0. The van der Waals surface area contributed by atoms with E-state index in [0.717, 1.165) is 13.0 Å². The second-order valence-electron chi connectivity index (χ2n) is 5.57. The number of nitrogens with zero attached hydrogens (tertiary/aromatic N) is 1. The Morgan fingerprint density at radius 1 is 1.00 bits per heavy atom. The minimum absolute atomic E-state index is 0.0576. The van der Waals surface area contributed by atoms with Gasteiger partial charge in [0, 0.05) is 6.54 Å². The zero-order chi connectivity index (χ0) is 12.3. The molecule has 0 bridgehead atoms. The first-order valence-corrected chi connectivity index (χ1v) is 7.73. The molecule has 102 valence electrons. The fourth-order valence-electron chi connectivity index (χ4n) is 2.70. The predicted molar refractivity (Wildman–Crippen MR) is 74.3 cm³/mol. The van der Waals surface area contributed by atoms with Crippen molar-refractivity contribution in [3.63, 3.8) is 0 Å². The van der Waals surface area contributed by atoms with Gasteiger partial charge >= 0.3 is 0 Å². The third kappa shape index (κ3) is 7.77. The largest absolute Gasteiger partial charge is 0.392 e. The maximum Gasteiger partial charge on any atom is 0.0667 e. The van der Waals surface area contributed by atoms with Gasteiger partial charge in [0.1, 0.15) is 0 Å². The molecule has 1 heterocycles. The van der Waals surface area contributed by atoms with Gasteiger partial charge in [-0.25, -0.2) is 0 Å². The lowest BCUT2D eigenvalue weighted by Crippen LogP contribution is -2.38. The summed E-state index contributed by atoms with van der Waals surface area (Å²) >= 11 is 0. The molecule has 0 radical (unpaired) electrons. The van der Waals surface area contributed by atoms with Gasteiger partial charge in [0.05, 0.1) is 6.10 Å². The Balaban J connectivity index is 1.83. The molecule has 1 aliphatic rings. The number of unbranched alkanes of at least 4 members (excludes halogenated alkanes) is 7. The van der Waals surface area contributed by atoms with E-state index in [2.05, 4.69) is 11.8 Å². The number of likely N-dealkylation sites (tertiary alicyclic amines) is 1. The molecule has 1 fully saturated rings. The van der Waals surface area contributed by atoms with Crippen molar-refractivity contribution in [3.05, 3.63) is 0 Å².